The molecule has 5 heteroatoms. The first-order chi connectivity index (χ1) is 21.8. The molecule has 1 aromatic carbocycles. The quantitative estimate of drug-likeness (QED) is 0.258. The summed E-state index contributed by atoms with van der Waals surface area (Å²) in [5.41, 5.74) is 7.63. The van der Waals surface area contributed by atoms with Crippen LogP contribution in [0, 0.1) is 5.92 Å². The first kappa shape index (κ1) is 31.3. The van der Waals surface area contributed by atoms with E-state index in [1.54, 1.807) is 5.44 Å². The summed E-state index contributed by atoms with van der Waals surface area (Å²) in [4.78, 5) is 0. The van der Waals surface area contributed by atoms with Crippen LogP contribution in [0.5, 0.6) is 0 Å². The molecule has 0 N–H and O–H groups in total. The number of allylic oxidation sites excluding steroid dienone is 4. The predicted octanol–water partition coefficient (Wildman–Crippen LogP) is 11.5. The third kappa shape index (κ3) is 6.72. The zero-order chi connectivity index (χ0) is 29.7. The van der Waals surface area contributed by atoms with Gasteiger partial charge in [0, 0.05) is 11.5 Å². The SMILES string of the molecule is CC(C1C=CC=C1P(C1CCCCC1)C1CCCCC1)n1nnc(-c2ccccc2)c1P(C1CCCCC1)C1CCCCC1. The lowest BCUT2D eigenvalue weighted by Crippen LogP contribution is -2.34. The van der Waals surface area contributed by atoms with Gasteiger partial charge in [-0.15, -0.1) is 5.10 Å². The normalized spacial score (nSPS) is 25.6. The Hall–Kier alpha value is -1.30. The Balaban J connectivity index is 1.28. The van der Waals surface area contributed by atoms with Crippen molar-refractivity contribution in [3.8, 4) is 11.3 Å². The van der Waals surface area contributed by atoms with Gasteiger partial charge in [0.15, 0.2) is 0 Å². The van der Waals surface area contributed by atoms with E-state index in [-0.39, 0.29) is 15.8 Å². The van der Waals surface area contributed by atoms with Gasteiger partial charge in [-0.1, -0.05) is 139 Å². The van der Waals surface area contributed by atoms with E-state index in [9.17, 15) is 0 Å². The van der Waals surface area contributed by atoms with E-state index in [0.717, 1.165) is 22.6 Å². The molecule has 4 fully saturated rings. The molecule has 238 valence electrons. The molecular weight excluding hydrogens is 572 g/mol. The predicted molar refractivity (Wildman–Crippen MR) is 192 cm³/mol. The lowest BCUT2D eigenvalue weighted by atomic mass is 9.99. The largest absolute Gasteiger partial charge is 0.241 e. The van der Waals surface area contributed by atoms with Crippen LogP contribution in [-0.4, -0.2) is 37.6 Å². The van der Waals surface area contributed by atoms with E-state index < -0.39 is 0 Å². The van der Waals surface area contributed by atoms with Crippen molar-refractivity contribution < 1.29 is 0 Å². The van der Waals surface area contributed by atoms with Gasteiger partial charge in [-0.2, -0.15) is 0 Å². The molecule has 2 atom stereocenters. The molecule has 0 aliphatic heterocycles. The minimum Gasteiger partial charge on any atom is -0.241 e. The van der Waals surface area contributed by atoms with Crippen LogP contribution in [0.4, 0.5) is 0 Å². The molecule has 4 saturated carbocycles. The first-order valence-electron chi connectivity index (χ1n) is 18.8. The van der Waals surface area contributed by atoms with Gasteiger partial charge in [-0.3, -0.25) is 0 Å². The minimum atomic E-state index is -0.321. The fourth-order valence-corrected chi connectivity index (χ4v) is 17.9. The van der Waals surface area contributed by atoms with Crippen LogP contribution in [0.25, 0.3) is 11.3 Å². The van der Waals surface area contributed by atoms with Gasteiger partial charge in [0.2, 0.25) is 0 Å². The summed E-state index contributed by atoms with van der Waals surface area (Å²) in [6.45, 7) is 2.52. The number of hydrogen-bond donors (Lipinski definition) is 0. The molecule has 2 aromatic rings. The Kier molecular flexibility index (Phi) is 10.7. The number of benzene rings is 1. The van der Waals surface area contributed by atoms with E-state index in [1.165, 1.54) is 140 Å². The Morgan fingerprint density at radius 3 is 1.61 bits per heavy atom. The topological polar surface area (TPSA) is 30.7 Å². The molecule has 7 rings (SSSR count). The van der Waals surface area contributed by atoms with Crippen LogP contribution in [-0.2, 0) is 0 Å². The maximum Gasteiger partial charge on any atom is 0.120 e. The summed E-state index contributed by atoms with van der Waals surface area (Å²) >= 11 is 0. The highest BCUT2D eigenvalue weighted by Crippen LogP contribution is 2.65. The minimum absolute atomic E-state index is 0.104. The summed E-state index contributed by atoms with van der Waals surface area (Å²) in [5, 5.41) is 12.2. The standard InChI is InChI=1S/C39H57N3P2/c1-30(36-28-17-29-37(36)43(32-20-9-3-10-21-32)33-22-11-4-12-23-33)42-39(38(40-41-42)31-18-7-2-8-19-31)44(34-24-13-5-14-25-34)35-26-15-6-16-27-35/h2,7-8,17-19,28-30,32-36H,3-6,9-16,20-27H2,1H3. The summed E-state index contributed by atoms with van der Waals surface area (Å²) in [7, 11) is -0.425. The molecule has 1 heterocycles. The number of rotatable bonds is 9. The molecule has 3 nitrogen and oxygen atoms in total. The van der Waals surface area contributed by atoms with Crippen molar-refractivity contribution in [2.75, 3.05) is 0 Å². The van der Waals surface area contributed by atoms with Crippen LogP contribution < -0.4 is 5.44 Å². The van der Waals surface area contributed by atoms with E-state index in [4.69, 9.17) is 10.3 Å². The van der Waals surface area contributed by atoms with Crippen molar-refractivity contribution >= 4 is 21.3 Å². The van der Waals surface area contributed by atoms with Crippen molar-refractivity contribution in [3.63, 3.8) is 0 Å². The van der Waals surface area contributed by atoms with Gasteiger partial charge >= 0.3 is 0 Å². The Labute approximate surface area is 270 Å². The highest BCUT2D eigenvalue weighted by Gasteiger charge is 2.42. The van der Waals surface area contributed by atoms with E-state index in [1.807, 2.05) is 5.31 Å². The van der Waals surface area contributed by atoms with Gasteiger partial charge in [0.05, 0.1) is 11.5 Å². The summed E-state index contributed by atoms with van der Waals surface area (Å²) in [6, 6.07) is 11.5. The molecular formula is C39H57N3P2. The van der Waals surface area contributed by atoms with Gasteiger partial charge in [-0.25, -0.2) is 4.68 Å². The van der Waals surface area contributed by atoms with Crippen molar-refractivity contribution in [2.45, 2.75) is 164 Å². The summed E-state index contributed by atoms with van der Waals surface area (Å²) < 4.78 is 2.54. The van der Waals surface area contributed by atoms with Crippen molar-refractivity contribution in [3.05, 3.63) is 53.9 Å². The zero-order valence-electron chi connectivity index (χ0n) is 27.5. The zero-order valence-corrected chi connectivity index (χ0v) is 29.2. The van der Waals surface area contributed by atoms with Crippen molar-refractivity contribution in [1.29, 1.82) is 0 Å². The second kappa shape index (κ2) is 15.1. The highest BCUT2D eigenvalue weighted by atomic mass is 31.1. The molecule has 2 unspecified atom stereocenters. The maximum atomic E-state index is 5.20. The number of hydrogen-bond acceptors (Lipinski definition) is 2. The molecule has 5 aliphatic rings. The summed E-state index contributed by atoms with van der Waals surface area (Å²) in [5.74, 6) is 0.476. The number of nitrogens with zero attached hydrogens (tertiary/aromatic N) is 3. The second-order valence-corrected chi connectivity index (χ2v) is 20.3. The van der Waals surface area contributed by atoms with Crippen molar-refractivity contribution in [2.24, 2.45) is 5.92 Å². The monoisotopic (exact) mass is 629 g/mol. The van der Waals surface area contributed by atoms with Crippen molar-refractivity contribution in [1.82, 2.24) is 15.0 Å². The summed E-state index contributed by atoms with van der Waals surface area (Å²) in [6.07, 6.45) is 36.4. The third-order valence-corrected chi connectivity index (χ3v) is 19.1. The third-order valence-electron chi connectivity index (χ3n) is 12.0. The van der Waals surface area contributed by atoms with Crippen LogP contribution in [0.3, 0.4) is 0 Å². The second-order valence-electron chi connectivity index (χ2n) is 14.8. The molecule has 0 amide bonds. The first-order valence-corrected chi connectivity index (χ1v) is 21.7. The highest BCUT2D eigenvalue weighted by molar-refractivity contribution is 7.67. The average molecular weight is 630 g/mol. The van der Waals surface area contributed by atoms with Crippen LogP contribution in [0.15, 0.2) is 53.9 Å². The fourth-order valence-electron chi connectivity index (χ4n) is 9.69. The van der Waals surface area contributed by atoms with Gasteiger partial charge in [0.1, 0.15) is 5.69 Å². The molecule has 0 saturated heterocycles. The molecule has 1 aromatic heterocycles. The average Bonchev–Trinajstić information content (AvgIpc) is 3.76. The Morgan fingerprint density at radius 1 is 0.636 bits per heavy atom. The molecule has 5 aliphatic carbocycles. The molecule has 44 heavy (non-hydrogen) atoms. The molecule has 0 spiro atoms. The van der Waals surface area contributed by atoms with E-state index >= 15 is 0 Å². The molecule has 0 radical (unpaired) electrons. The van der Waals surface area contributed by atoms with E-state index in [2.05, 4.69) is 60.2 Å². The number of aromatic nitrogens is 3. The smallest absolute Gasteiger partial charge is 0.120 e. The maximum absolute atomic E-state index is 5.20. The lowest BCUT2D eigenvalue weighted by Gasteiger charge is -2.42. The van der Waals surface area contributed by atoms with Crippen LogP contribution in [0.2, 0.25) is 0 Å². The van der Waals surface area contributed by atoms with E-state index in [0.29, 0.717) is 12.0 Å². The van der Waals surface area contributed by atoms with Gasteiger partial charge in [-0.05, 0) is 94.2 Å². The van der Waals surface area contributed by atoms with Gasteiger partial charge < -0.3 is 0 Å². The molecule has 0 bridgehead atoms. The fraction of sp³-hybridized carbons (Fsp3) is 0.692. The Morgan fingerprint density at radius 2 is 1.11 bits per heavy atom. The van der Waals surface area contributed by atoms with Gasteiger partial charge in [0.25, 0.3) is 0 Å². The van der Waals surface area contributed by atoms with Crippen LogP contribution >= 0.6 is 15.8 Å². The lowest BCUT2D eigenvalue weighted by molar-refractivity contribution is 0.424. The Bertz CT molecular complexity index is 1210. The van der Waals surface area contributed by atoms with Crippen LogP contribution in [0.1, 0.15) is 141 Å².